The maximum atomic E-state index is 12.7. The van der Waals surface area contributed by atoms with Gasteiger partial charge in [-0.05, 0) is 24.1 Å². The summed E-state index contributed by atoms with van der Waals surface area (Å²) >= 11 is 0. The van der Waals surface area contributed by atoms with Crippen LogP contribution in [0.3, 0.4) is 0 Å². The van der Waals surface area contributed by atoms with Crippen molar-refractivity contribution >= 4 is 0 Å². The number of hydrogen-bond donors (Lipinski definition) is 0. The smallest absolute Gasteiger partial charge is 0.198 e. The Balaban J connectivity index is 3.58. The Bertz CT molecular complexity index is 490. The van der Waals surface area contributed by atoms with E-state index in [0.29, 0.717) is 5.56 Å². The van der Waals surface area contributed by atoms with E-state index in [0.717, 1.165) is 6.07 Å². The number of nitrogens with zero attached hydrogens (tertiary/aromatic N) is 2. The minimum atomic E-state index is -4.61. The molecule has 0 spiro atoms. The second-order valence-electron chi connectivity index (χ2n) is 3.23. The van der Waals surface area contributed by atoms with E-state index in [-0.39, 0.29) is 12.0 Å². The van der Waals surface area contributed by atoms with Crippen LogP contribution in [0.1, 0.15) is 22.3 Å². The maximum absolute atomic E-state index is 12.7. The van der Waals surface area contributed by atoms with E-state index in [2.05, 4.69) is 0 Å². The molecule has 0 fully saturated rings. The minimum absolute atomic E-state index is 0.117. The fourth-order valence-corrected chi connectivity index (χ4v) is 1.48. The van der Waals surface area contributed by atoms with E-state index in [1.807, 2.05) is 0 Å². The summed E-state index contributed by atoms with van der Waals surface area (Å²) in [6.07, 6.45) is -4.96. The molecule has 0 aromatic heterocycles. The molecule has 0 aliphatic carbocycles. The third-order valence-electron chi connectivity index (χ3n) is 2.21. The topological polar surface area (TPSA) is 47.6 Å². The van der Waals surface area contributed by atoms with Gasteiger partial charge in [0.2, 0.25) is 0 Å². The van der Waals surface area contributed by atoms with Crippen LogP contribution in [0.2, 0.25) is 0 Å². The van der Waals surface area contributed by atoms with E-state index < -0.39 is 17.3 Å². The maximum Gasteiger partial charge on any atom is 0.417 e. The van der Waals surface area contributed by atoms with Crippen molar-refractivity contribution in [2.24, 2.45) is 0 Å². The van der Waals surface area contributed by atoms with Gasteiger partial charge in [-0.15, -0.1) is 0 Å². The van der Waals surface area contributed by atoms with Crippen molar-refractivity contribution in [3.05, 3.63) is 34.4 Å². The van der Waals surface area contributed by atoms with Gasteiger partial charge in [-0.3, -0.25) is 0 Å². The average molecular weight is 224 g/mol. The number of benzene rings is 1. The van der Waals surface area contributed by atoms with Crippen LogP contribution in [0.15, 0.2) is 12.1 Å². The number of rotatable bonds is 1. The van der Waals surface area contributed by atoms with Gasteiger partial charge in [0.05, 0.1) is 29.7 Å². The molecular formula is C11H7F3N2. The monoisotopic (exact) mass is 224 g/mol. The predicted molar refractivity (Wildman–Crippen MR) is 50.2 cm³/mol. The zero-order chi connectivity index (χ0) is 12.3. The van der Waals surface area contributed by atoms with Gasteiger partial charge in [-0.25, -0.2) is 0 Å². The second-order valence-corrected chi connectivity index (χ2v) is 3.23. The van der Waals surface area contributed by atoms with Crippen molar-refractivity contribution in [2.75, 3.05) is 0 Å². The first-order valence-electron chi connectivity index (χ1n) is 4.38. The lowest BCUT2D eigenvalue weighted by molar-refractivity contribution is -0.138. The Kier molecular flexibility index (Phi) is 3.20. The molecule has 1 rings (SSSR count). The lowest BCUT2D eigenvalue weighted by atomic mass is 9.95. The van der Waals surface area contributed by atoms with Crippen LogP contribution in [0.4, 0.5) is 13.2 Å². The zero-order valence-electron chi connectivity index (χ0n) is 8.39. The highest BCUT2D eigenvalue weighted by atomic mass is 19.4. The summed E-state index contributed by atoms with van der Waals surface area (Å²) in [5.74, 6) is 0. The summed E-state index contributed by atoms with van der Waals surface area (Å²) in [6, 6.07) is 5.72. The molecule has 0 radical (unpaired) electrons. The summed E-state index contributed by atoms with van der Waals surface area (Å²) in [5.41, 5.74) is -1.18. The Labute approximate surface area is 90.5 Å². The number of halogens is 3. The van der Waals surface area contributed by atoms with Crippen LogP contribution in [0.5, 0.6) is 0 Å². The van der Waals surface area contributed by atoms with E-state index in [4.69, 9.17) is 10.5 Å². The summed E-state index contributed by atoms with van der Waals surface area (Å²) in [5, 5.41) is 17.1. The van der Waals surface area contributed by atoms with Crippen molar-refractivity contribution in [1.82, 2.24) is 0 Å². The molecule has 0 aliphatic heterocycles. The molecule has 0 N–H and O–H groups in total. The molecule has 0 atom stereocenters. The molecule has 0 saturated heterocycles. The summed E-state index contributed by atoms with van der Waals surface area (Å²) in [6.45, 7) is 1.49. The van der Waals surface area contributed by atoms with Gasteiger partial charge in [0.1, 0.15) is 0 Å². The van der Waals surface area contributed by atoms with Gasteiger partial charge >= 0.3 is 6.18 Å². The minimum Gasteiger partial charge on any atom is -0.198 e. The van der Waals surface area contributed by atoms with Crippen LogP contribution < -0.4 is 0 Å². The highest BCUT2D eigenvalue weighted by Gasteiger charge is 2.36. The second kappa shape index (κ2) is 4.24. The van der Waals surface area contributed by atoms with Crippen molar-refractivity contribution < 1.29 is 13.2 Å². The lowest BCUT2D eigenvalue weighted by Crippen LogP contribution is -2.13. The van der Waals surface area contributed by atoms with Gasteiger partial charge < -0.3 is 0 Å². The molecule has 1 aromatic rings. The lowest BCUT2D eigenvalue weighted by Gasteiger charge is -2.14. The largest absolute Gasteiger partial charge is 0.417 e. The molecule has 16 heavy (non-hydrogen) atoms. The first kappa shape index (κ1) is 12.1. The molecule has 0 bridgehead atoms. The molecule has 0 unspecified atom stereocenters. The van der Waals surface area contributed by atoms with Gasteiger partial charge in [0, 0.05) is 0 Å². The molecule has 0 aliphatic rings. The van der Waals surface area contributed by atoms with Crippen molar-refractivity contribution in [3.63, 3.8) is 0 Å². The quantitative estimate of drug-likeness (QED) is 0.736. The number of hydrogen-bond acceptors (Lipinski definition) is 2. The van der Waals surface area contributed by atoms with Crippen LogP contribution in [0.25, 0.3) is 0 Å². The fraction of sp³-hybridized carbons (Fsp3) is 0.273. The number of alkyl halides is 3. The Morgan fingerprint density at radius 2 is 1.88 bits per heavy atom. The Morgan fingerprint density at radius 1 is 1.25 bits per heavy atom. The van der Waals surface area contributed by atoms with Gasteiger partial charge in [-0.2, -0.15) is 23.7 Å². The highest BCUT2D eigenvalue weighted by molar-refractivity contribution is 5.49. The highest BCUT2D eigenvalue weighted by Crippen LogP contribution is 2.36. The molecular weight excluding hydrogens is 217 g/mol. The van der Waals surface area contributed by atoms with Crippen molar-refractivity contribution in [1.29, 1.82) is 10.5 Å². The normalized spacial score (nSPS) is 10.6. The van der Waals surface area contributed by atoms with E-state index >= 15 is 0 Å². The van der Waals surface area contributed by atoms with Crippen LogP contribution in [-0.2, 0) is 12.6 Å². The van der Waals surface area contributed by atoms with E-state index in [1.54, 1.807) is 6.07 Å². The molecule has 2 nitrogen and oxygen atoms in total. The standard InChI is InChI=1S/C11H7F3N2/c1-7-2-3-8(6-16)10(11(12,13)14)9(7)4-5-15/h2-3H,4H2,1H3. The third kappa shape index (κ3) is 2.14. The zero-order valence-corrected chi connectivity index (χ0v) is 8.39. The number of aryl methyl sites for hydroxylation is 1. The fourth-order valence-electron chi connectivity index (χ4n) is 1.48. The van der Waals surface area contributed by atoms with E-state index in [9.17, 15) is 13.2 Å². The van der Waals surface area contributed by atoms with Gasteiger partial charge in [-0.1, -0.05) is 6.07 Å². The molecule has 1 aromatic carbocycles. The Morgan fingerprint density at radius 3 is 2.31 bits per heavy atom. The Hall–Kier alpha value is -2.01. The molecule has 0 saturated carbocycles. The summed E-state index contributed by atoms with van der Waals surface area (Å²) in [7, 11) is 0. The third-order valence-corrected chi connectivity index (χ3v) is 2.21. The summed E-state index contributed by atoms with van der Waals surface area (Å²) in [4.78, 5) is 0. The van der Waals surface area contributed by atoms with Crippen molar-refractivity contribution in [3.8, 4) is 12.1 Å². The SMILES string of the molecule is Cc1ccc(C#N)c(C(F)(F)F)c1CC#N. The molecule has 5 heteroatoms. The average Bonchev–Trinajstić information content (AvgIpc) is 2.19. The molecule has 82 valence electrons. The van der Waals surface area contributed by atoms with Crippen molar-refractivity contribution in [2.45, 2.75) is 19.5 Å². The van der Waals surface area contributed by atoms with Crippen LogP contribution in [-0.4, -0.2) is 0 Å². The van der Waals surface area contributed by atoms with Gasteiger partial charge in [0.15, 0.2) is 0 Å². The molecule has 0 amide bonds. The number of nitriles is 2. The molecule has 0 heterocycles. The van der Waals surface area contributed by atoms with Gasteiger partial charge in [0.25, 0.3) is 0 Å². The predicted octanol–water partition coefficient (Wildman–Crippen LogP) is 2.95. The first-order valence-corrected chi connectivity index (χ1v) is 4.38. The van der Waals surface area contributed by atoms with E-state index in [1.165, 1.54) is 19.1 Å². The first-order chi connectivity index (χ1) is 7.41. The summed E-state index contributed by atoms with van der Waals surface area (Å²) < 4.78 is 38.2. The van der Waals surface area contributed by atoms with Crippen LogP contribution >= 0.6 is 0 Å². The van der Waals surface area contributed by atoms with Crippen LogP contribution in [0, 0.1) is 29.6 Å².